The first-order valence-electron chi connectivity index (χ1n) is 5.20. The number of nitriles is 1. The molecule has 0 radical (unpaired) electrons. The third-order valence-corrected chi connectivity index (χ3v) is 2.57. The van der Waals surface area contributed by atoms with Gasteiger partial charge in [-0.2, -0.15) is 5.26 Å². The van der Waals surface area contributed by atoms with E-state index in [1.807, 2.05) is 0 Å². The van der Waals surface area contributed by atoms with E-state index in [1.165, 1.54) is 0 Å². The topological polar surface area (TPSA) is 27.0 Å². The van der Waals surface area contributed by atoms with Crippen molar-refractivity contribution in [3.63, 3.8) is 0 Å². The molecule has 0 aromatic carbocycles. The van der Waals surface area contributed by atoms with Gasteiger partial charge in [0.1, 0.15) is 0 Å². The minimum Gasteiger partial charge on any atom is -0.307 e. The quantitative estimate of drug-likeness (QED) is 0.631. The van der Waals surface area contributed by atoms with E-state index < -0.39 is 0 Å². The molecule has 0 bridgehead atoms. The lowest BCUT2D eigenvalue weighted by atomic mass is 9.93. The Kier molecular flexibility index (Phi) is 6.62. The summed E-state index contributed by atoms with van der Waals surface area (Å²) in [5.74, 6) is 0.738. The van der Waals surface area contributed by atoms with Gasteiger partial charge in [-0.25, -0.2) is 0 Å². The van der Waals surface area contributed by atoms with E-state index in [2.05, 4.69) is 38.8 Å². The second kappa shape index (κ2) is 6.91. The molecule has 0 rings (SSSR count). The maximum absolute atomic E-state index is 8.86. The van der Waals surface area contributed by atoms with Gasteiger partial charge in [0.05, 0.1) is 6.07 Å². The van der Waals surface area contributed by atoms with Crippen molar-refractivity contribution in [3.05, 3.63) is 0 Å². The summed E-state index contributed by atoms with van der Waals surface area (Å²) in [5.41, 5.74) is 0. The van der Waals surface area contributed by atoms with Crippen LogP contribution in [0.25, 0.3) is 0 Å². The Labute approximate surface area is 82.5 Å². The Morgan fingerprint density at radius 3 is 2.38 bits per heavy atom. The Morgan fingerprint density at radius 1 is 1.38 bits per heavy atom. The lowest BCUT2D eigenvalue weighted by Gasteiger charge is -2.16. The van der Waals surface area contributed by atoms with Crippen molar-refractivity contribution >= 4 is 0 Å². The average molecular weight is 182 g/mol. The largest absolute Gasteiger partial charge is 0.307 e. The maximum Gasteiger partial charge on any atom is 0.0658 e. The average Bonchev–Trinajstić information content (AvgIpc) is 2.11. The summed E-state index contributed by atoms with van der Waals surface area (Å²) in [6, 6.07) is 2.37. The van der Waals surface area contributed by atoms with Crippen LogP contribution in [0.2, 0.25) is 0 Å². The van der Waals surface area contributed by atoms with E-state index in [-0.39, 0.29) is 5.92 Å². The fraction of sp³-hybridized carbons (Fsp3) is 0.909. The first-order valence-corrected chi connectivity index (χ1v) is 5.20. The summed E-state index contributed by atoms with van der Waals surface area (Å²) in [4.78, 5) is 2.29. The molecule has 0 spiro atoms. The predicted molar refractivity (Wildman–Crippen MR) is 56.3 cm³/mol. The van der Waals surface area contributed by atoms with E-state index >= 15 is 0 Å². The van der Waals surface area contributed by atoms with Gasteiger partial charge >= 0.3 is 0 Å². The van der Waals surface area contributed by atoms with E-state index in [1.54, 1.807) is 0 Å². The zero-order valence-corrected chi connectivity index (χ0v) is 9.38. The van der Waals surface area contributed by atoms with Crippen molar-refractivity contribution in [1.82, 2.24) is 4.90 Å². The number of hydrogen-bond donors (Lipinski definition) is 0. The summed E-state index contributed by atoms with van der Waals surface area (Å²) >= 11 is 0. The summed E-state index contributed by atoms with van der Waals surface area (Å²) in [5, 5.41) is 8.86. The fourth-order valence-electron chi connectivity index (χ4n) is 1.29. The van der Waals surface area contributed by atoms with Gasteiger partial charge in [-0.3, -0.25) is 0 Å². The molecule has 76 valence electrons. The third-order valence-electron chi connectivity index (χ3n) is 2.57. The molecular weight excluding hydrogens is 160 g/mol. The SMILES string of the molecule is CCN(C)CCCC(C#N)C(C)C. The van der Waals surface area contributed by atoms with Crippen molar-refractivity contribution in [2.45, 2.75) is 33.6 Å². The standard InChI is InChI=1S/C11H22N2/c1-5-13(4)8-6-7-11(9-12)10(2)3/h10-11H,5-8H2,1-4H3. The maximum atomic E-state index is 8.86. The highest BCUT2D eigenvalue weighted by Crippen LogP contribution is 2.15. The molecule has 0 aliphatic carbocycles. The molecule has 0 amide bonds. The van der Waals surface area contributed by atoms with Gasteiger partial charge in [0.25, 0.3) is 0 Å². The van der Waals surface area contributed by atoms with E-state index in [0.29, 0.717) is 5.92 Å². The van der Waals surface area contributed by atoms with Crippen molar-refractivity contribution < 1.29 is 0 Å². The minimum atomic E-state index is 0.241. The van der Waals surface area contributed by atoms with Crippen LogP contribution >= 0.6 is 0 Å². The number of rotatable bonds is 6. The van der Waals surface area contributed by atoms with E-state index in [0.717, 1.165) is 25.9 Å². The lowest BCUT2D eigenvalue weighted by Crippen LogP contribution is -2.20. The Hall–Kier alpha value is -0.550. The van der Waals surface area contributed by atoms with Crippen LogP contribution in [0, 0.1) is 23.2 Å². The zero-order valence-electron chi connectivity index (χ0n) is 9.38. The molecule has 0 aromatic rings. The van der Waals surface area contributed by atoms with Crippen molar-refractivity contribution in [2.75, 3.05) is 20.1 Å². The summed E-state index contributed by atoms with van der Waals surface area (Å²) < 4.78 is 0. The lowest BCUT2D eigenvalue weighted by molar-refractivity contribution is 0.323. The molecule has 2 heteroatoms. The fourth-order valence-corrected chi connectivity index (χ4v) is 1.29. The molecule has 0 aromatic heterocycles. The van der Waals surface area contributed by atoms with E-state index in [4.69, 9.17) is 5.26 Å². The summed E-state index contributed by atoms with van der Waals surface area (Å²) in [6.45, 7) is 8.61. The van der Waals surface area contributed by atoms with Crippen LogP contribution in [0.5, 0.6) is 0 Å². The van der Waals surface area contributed by atoms with Crippen LogP contribution < -0.4 is 0 Å². The van der Waals surface area contributed by atoms with Crippen LogP contribution in [0.1, 0.15) is 33.6 Å². The third kappa shape index (κ3) is 5.65. The van der Waals surface area contributed by atoms with Gasteiger partial charge in [0, 0.05) is 5.92 Å². The number of nitrogens with zero attached hydrogens (tertiary/aromatic N) is 2. The van der Waals surface area contributed by atoms with Crippen molar-refractivity contribution in [2.24, 2.45) is 11.8 Å². The minimum absolute atomic E-state index is 0.241. The molecule has 1 atom stereocenters. The van der Waals surface area contributed by atoms with Crippen molar-refractivity contribution in [1.29, 1.82) is 5.26 Å². The van der Waals surface area contributed by atoms with Gasteiger partial charge < -0.3 is 4.90 Å². The number of hydrogen-bond acceptors (Lipinski definition) is 2. The second-order valence-electron chi connectivity index (χ2n) is 4.02. The summed E-state index contributed by atoms with van der Waals surface area (Å²) in [6.07, 6.45) is 2.18. The Morgan fingerprint density at radius 2 is 2.00 bits per heavy atom. The van der Waals surface area contributed by atoms with Gasteiger partial charge in [-0.05, 0) is 38.9 Å². The molecule has 0 saturated carbocycles. The monoisotopic (exact) mass is 182 g/mol. The van der Waals surface area contributed by atoms with E-state index in [9.17, 15) is 0 Å². The summed E-state index contributed by atoms with van der Waals surface area (Å²) in [7, 11) is 2.12. The van der Waals surface area contributed by atoms with Gasteiger partial charge in [0.15, 0.2) is 0 Å². The molecule has 2 nitrogen and oxygen atoms in total. The molecule has 0 fully saturated rings. The van der Waals surface area contributed by atoms with Crippen LogP contribution in [-0.4, -0.2) is 25.0 Å². The highest BCUT2D eigenvalue weighted by atomic mass is 15.1. The molecular formula is C11H22N2. The second-order valence-corrected chi connectivity index (χ2v) is 4.02. The van der Waals surface area contributed by atoms with Crippen LogP contribution in [0.3, 0.4) is 0 Å². The molecule has 1 unspecified atom stereocenters. The van der Waals surface area contributed by atoms with Crippen molar-refractivity contribution in [3.8, 4) is 6.07 Å². The highest BCUT2D eigenvalue weighted by molar-refractivity contribution is 4.84. The Bertz CT molecular complexity index is 158. The molecule has 0 aliphatic heterocycles. The highest BCUT2D eigenvalue weighted by Gasteiger charge is 2.11. The Balaban J connectivity index is 3.57. The first kappa shape index (κ1) is 12.4. The van der Waals surface area contributed by atoms with Crippen LogP contribution in [-0.2, 0) is 0 Å². The molecule has 13 heavy (non-hydrogen) atoms. The molecule has 0 aliphatic rings. The molecule has 0 N–H and O–H groups in total. The van der Waals surface area contributed by atoms with Gasteiger partial charge in [0.2, 0.25) is 0 Å². The van der Waals surface area contributed by atoms with Gasteiger partial charge in [-0.15, -0.1) is 0 Å². The zero-order chi connectivity index (χ0) is 10.3. The normalized spacial score (nSPS) is 13.3. The van der Waals surface area contributed by atoms with Crippen LogP contribution in [0.4, 0.5) is 0 Å². The van der Waals surface area contributed by atoms with Gasteiger partial charge in [-0.1, -0.05) is 20.8 Å². The molecule has 0 heterocycles. The first-order chi connectivity index (χ1) is 6.11. The smallest absolute Gasteiger partial charge is 0.0658 e. The molecule has 0 saturated heterocycles. The van der Waals surface area contributed by atoms with Crippen LogP contribution in [0.15, 0.2) is 0 Å². The predicted octanol–water partition coefficient (Wildman–Crippen LogP) is 2.51.